The van der Waals surface area contributed by atoms with Gasteiger partial charge in [-0.2, -0.15) is 11.3 Å². The smallest absolute Gasteiger partial charge is 0.0812 e. The van der Waals surface area contributed by atoms with Crippen molar-refractivity contribution >= 4 is 11.3 Å². The predicted molar refractivity (Wildman–Crippen MR) is 84.4 cm³/mol. The number of rotatable bonds is 2. The summed E-state index contributed by atoms with van der Waals surface area (Å²) in [6.45, 7) is 8.91. The van der Waals surface area contributed by atoms with E-state index in [1.165, 1.54) is 17.0 Å². The molecule has 0 aliphatic heterocycles. The van der Waals surface area contributed by atoms with Crippen LogP contribution in [0.4, 0.5) is 0 Å². The minimum absolute atomic E-state index is 0.170. The molecule has 0 fully saturated rings. The summed E-state index contributed by atoms with van der Waals surface area (Å²) in [5, 5.41) is 14.8. The van der Waals surface area contributed by atoms with Crippen LogP contribution < -0.4 is 0 Å². The summed E-state index contributed by atoms with van der Waals surface area (Å²) in [5.74, 6) is 0. The predicted octanol–water partition coefficient (Wildman–Crippen LogP) is 4.47. The van der Waals surface area contributed by atoms with E-state index in [9.17, 15) is 5.11 Å². The summed E-state index contributed by atoms with van der Waals surface area (Å²) in [4.78, 5) is 0. The van der Waals surface area contributed by atoms with Gasteiger partial charge in [0.15, 0.2) is 0 Å². The second kappa shape index (κ2) is 4.74. The van der Waals surface area contributed by atoms with Gasteiger partial charge in [-0.3, -0.25) is 0 Å². The summed E-state index contributed by atoms with van der Waals surface area (Å²) < 4.78 is 2.42. The van der Waals surface area contributed by atoms with Crippen molar-refractivity contribution in [3.05, 3.63) is 45.4 Å². The van der Waals surface area contributed by atoms with Crippen LogP contribution in [0, 0.1) is 12.3 Å². The van der Waals surface area contributed by atoms with E-state index >= 15 is 0 Å². The molecule has 0 radical (unpaired) electrons. The lowest BCUT2D eigenvalue weighted by molar-refractivity contribution is 0.0977. The lowest BCUT2D eigenvalue weighted by Gasteiger charge is -2.35. The first kappa shape index (κ1) is 13.9. The number of aliphatic hydroxyl groups is 1. The van der Waals surface area contributed by atoms with Crippen LogP contribution in [0.5, 0.6) is 0 Å². The van der Waals surface area contributed by atoms with Crippen LogP contribution in [0.15, 0.2) is 22.9 Å². The first-order valence-corrected chi connectivity index (χ1v) is 8.24. The fraction of sp³-hybridized carbons (Fsp3) is 0.529. The van der Waals surface area contributed by atoms with Gasteiger partial charge in [-0.05, 0) is 60.6 Å². The Bertz CT molecular complexity index is 609. The average molecular weight is 289 g/mol. The Kier molecular flexibility index (Phi) is 3.30. The van der Waals surface area contributed by atoms with Crippen LogP contribution in [-0.2, 0) is 6.42 Å². The Hall–Kier alpha value is -1.06. The molecule has 20 heavy (non-hydrogen) atoms. The number of aromatic nitrogens is 1. The van der Waals surface area contributed by atoms with Gasteiger partial charge in [0.1, 0.15) is 0 Å². The minimum Gasteiger partial charge on any atom is -0.388 e. The topological polar surface area (TPSA) is 25.2 Å². The molecule has 0 aromatic carbocycles. The largest absolute Gasteiger partial charge is 0.388 e. The highest BCUT2D eigenvalue weighted by molar-refractivity contribution is 7.07. The summed E-state index contributed by atoms with van der Waals surface area (Å²) >= 11 is 1.75. The van der Waals surface area contributed by atoms with Gasteiger partial charge in [-0.1, -0.05) is 13.8 Å². The van der Waals surface area contributed by atoms with E-state index in [1.807, 2.05) is 0 Å². The number of fused-ring (bicyclic) bond motifs is 1. The fourth-order valence-corrected chi connectivity index (χ4v) is 4.31. The van der Waals surface area contributed by atoms with E-state index in [0.29, 0.717) is 6.04 Å². The highest BCUT2D eigenvalue weighted by atomic mass is 32.1. The van der Waals surface area contributed by atoms with Crippen molar-refractivity contribution in [3.8, 4) is 0 Å². The third-order valence-corrected chi connectivity index (χ3v) is 5.23. The van der Waals surface area contributed by atoms with E-state index in [2.05, 4.69) is 55.2 Å². The van der Waals surface area contributed by atoms with Crippen LogP contribution in [0.1, 0.15) is 61.9 Å². The van der Waals surface area contributed by atoms with Crippen LogP contribution in [0.25, 0.3) is 0 Å². The lowest BCUT2D eigenvalue weighted by Crippen LogP contribution is -2.27. The molecule has 1 aliphatic carbocycles. The summed E-state index contributed by atoms with van der Waals surface area (Å²) in [7, 11) is 0. The van der Waals surface area contributed by atoms with Gasteiger partial charge in [-0.25, -0.2) is 0 Å². The highest BCUT2D eigenvalue weighted by Gasteiger charge is 2.34. The molecule has 0 bridgehead atoms. The number of nitrogens with zero attached hydrogens (tertiary/aromatic N) is 1. The Labute approximate surface area is 125 Å². The van der Waals surface area contributed by atoms with Gasteiger partial charge in [0, 0.05) is 17.0 Å². The zero-order chi connectivity index (χ0) is 14.5. The number of aryl methyl sites for hydroxylation is 1. The monoisotopic (exact) mass is 289 g/mol. The van der Waals surface area contributed by atoms with E-state index < -0.39 is 0 Å². The maximum atomic E-state index is 10.4. The summed E-state index contributed by atoms with van der Waals surface area (Å²) in [6, 6.07) is 4.72. The van der Waals surface area contributed by atoms with Gasteiger partial charge >= 0.3 is 0 Å². The molecule has 2 aromatic heterocycles. The SMILES string of the molecule is Cc1cc2c(n1C(C)c1ccsc1)CC(C)(C)CC2O. The summed E-state index contributed by atoms with van der Waals surface area (Å²) in [6.07, 6.45) is 1.58. The van der Waals surface area contributed by atoms with Crippen molar-refractivity contribution < 1.29 is 5.11 Å². The Morgan fingerprint density at radius 3 is 2.85 bits per heavy atom. The molecule has 2 nitrogen and oxygen atoms in total. The molecule has 0 saturated heterocycles. The van der Waals surface area contributed by atoms with Crippen molar-refractivity contribution in [1.82, 2.24) is 4.57 Å². The number of hydrogen-bond acceptors (Lipinski definition) is 2. The molecule has 1 aliphatic rings. The van der Waals surface area contributed by atoms with E-state index in [-0.39, 0.29) is 11.5 Å². The van der Waals surface area contributed by atoms with E-state index in [1.54, 1.807) is 11.3 Å². The molecular weight excluding hydrogens is 266 g/mol. The molecule has 2 atom stereocenters. The fourth-order valence-electron chi connectivity index (χ4n) is 3.57. The first-order chi connectivity index (χ1) is 9.39. The van der Waals surface area contributed by atoms with Crippen molar-refractivity contribution in [1.29, 1.82) is 0 Å². The van der Waals surface area contributed by atoms with Crippen LogP contribution in [0.3, 0.4) is 0 Å². The quantitative estimate of drug-likeness (QED) is 0.866. The molecule has 0 saturated carbocycles. The summed E-state index contributed by atoms with van der Waals surface area (Å²) in [5.41, 5.74) is 5.25. The maximum absolute atomic E-state index is 10.4. The molecular formula is C17H23NOS. The third-order valence-electron chi connectivity index (χ3n) is 4.53. The van der Waals surface area contributed by atoms with Gasteiger partial charge in [-0.15, -0.1) is 0 Å². The molecule has 2 unspecified atom stereocenters. The van der Waals surface area contributed by atoms with Crippen molar-refractivity contribution in [2.24, 2.45) is 5.41 Å². The molecule has 1 N–H and O–H groups in total. The Balaban J connectivity index is 2.09. The van der Waals surface area contributed by atoms with Crippen molar-refractivity contribution in [3.63, 3.8) is 0 Å². The van der Waals surface area contributed by atoms with Crippen molar-refractivity contribution in [2.45, 2.75) is 52.7 Å². The molecule has 0 amide bonds. The highest BCUT2D eigenvalue weighted by Crippen LogP contribution is 2.43. The Morgan fingerprint density at radius 1 is 1.45 bits per heavy atom. The van der Waals surface area contributed by atoms with Crippen LogP contribution >= 0.6 is 11.3 Å². The molecule has 0 spiro atoms. The van der Waals surface area contributed by atoms with Gasteiger partial charge < -0.3 is 9.67 Å². The molecule has 2 heterocycles. The van der Waals surface area contributed by atoms with Gasteiger partial charge in [0.25, 0.3) is 0 Å². The number of hydrogen-bond donors (Lipinski definition) is 1. The molecule has 108 valence electrons. The zero-order valence-electron chi connectivity index (χ0n) is 12.7. The first-order valence-electron chi connectivity index (χ1n) is 7.30. The second-order valence-corrected chi connectivity index (χ2v) is 7.63. The number of thiophene rings is 1. The third kappa shape index (κ3) is 2.23. The van der Waals surface area contributed by atoms with Crippen LogP contribution in [-0.4, -0.2) is 9.67 Å². The molecule has 3 heteroatoms. The molecule has 3 rings (SSSR count). The van der Waals surface area contributed by atoms with E-state index in [4.69, 9.17) is 0 Å². The normalized spacial score (nSPS) is 22.6. The van der Waals surface area contributed by atoms with Crippen LogP contribution in [0.2, 0.25) is 0 Å². The van der Waals surface area contributed by atoms with Crippen molar-refractivity contribution in [2.75, 3.05) is 0 Å². The van der Waals surface area contributed by atoms with Gasteiger partial charge in [0.05, 0.1) is 12.1 Å². The number of aliphatic hydroxyl groups excluding tert-OH is 1. The van der Waals surface area contributed by atoms with Gasteiger partial charge in [0.2, 0.25) is 0 Å². The average Bonchev–Trinajstić information content (AvgIpc) is 2.94. The standard InChI is InChI=1S/C17H23NOS/c1-11-7-14-15(8-17(3,4)9-16(14)19)18(11)12(2)13-5-6-20-10-13/h5-7,10,12,16,19H,8-9H2,1-4H3. The Morgan fingerprint density at radius 2 is 2.20 bits per heavy atom. The lowest BCUT2D eigenvalue weighted by atomic mass is 9.75. The van der Waals surface area contributed by atoms with E-state index in [0.717, 1.165) is 18.4 Å². The molecule has 2 aromatic rings. The maximum Gasteiger partial charge on any atom is 0.0812 e. The zero-order valence-corrected chi connectivity index (χ0v) is 13.5. The second-order valence-electron chi connectivity index (χ2n) is 6.85. The minimum atomic E-state index is -0.316.